The highest BCUT2D eigenvalue weighted by atomic mass is 19.4. The zero-order chi connectivity index (χ0) is 17.2. The molecule has 0 aliphatic rings. The zero-order valence-corrected chi connectivity index (χ0v) is 12.6. The average Bonchev–Trinajstić information content (AvgIpc) is 2.92. The van der Waals surface area contributed by atoms with E-state index in [1.807, 2.05) is 0 Å². The van der Waals surface area contributed by atoms with Crippen molar-refractivity contribution in [2.45, 2.75) is 13.1 Å². The predicted molar refractivity (Wildman–Crippen MR) is 78.7 cm³/mol. The fourth-order valence-electron chi connectivity index (χ4n) is 2.04. The van der Waals surface area contributed by atoms with Crippen LogP contribution < -0.4 is 10.1 Å². The van der Waals surface area contributed by atoms with Crippen molar-refractivity contribution >= 4 is 11.5 Å². The first-order valence-electron chi connectivity index (χ1n) is 7.03. The van der Waals surface area contributed by atoms with E-state index in [9.17, 15) is 13.2 Å². The van der Waals surface area contributed by atoms with Crippen LogP contribution in [0.3, 0.4) is 0 Å². The van der Waals surface area contributed by atoms with Crippen molar-refractivity contribution in [1.29, 1.82) is 0 Å². The molecule has 0 bridgehead atoms. The standard InChI is InChI=1S/C14H13F3N6O/c1-9-20-21-12-5-4-11(22-23(9)12)18-7-8-24-13-10(14(15,16)17)3-2-6-19-13/h2-6H,7-8H2,1H3,(H,18,22). The lowest BCUT2D eigenvalue weighted by atomic mass is 10.2. The Bertz CT molecular complexity index is 848. The Kier molecular flexibility index (Phi) is 4.19. The van der Waals surface area contributed by atoms with E-state index < -0.39 is 17.6 Å². The van der Waals surface area contributed by atoms with E-state index in [0.29, 0.717) is 17.3 Å². The van der Waals surface area contributed by atoms with Gasteiger partial charge in [-0.3, -0.25) is 0 Å². The molecule has 3 heterocycles. The van der Waals surface area contributed by atoms with Crippen LogP contribution in [0, 0.1) is 6.92 Å². The highest BCUT2D eigenvalue weighted by molar-refractivity contribution is 5.43. The van der Waals surface area contributed by atoms with Gasteiger partial charge in [0.2, 0.25) is 5.88 Å². The van der Waals surface area contributed by atoms with E-state index in [0.717, 1.165) is 6.07 Å². The fourth-order valence-corrected chi connectivity index (χ4v) is 2.04. The number of aromatic nitrogens is 5. The number of pyridine rings is 1. The van der Waals surface area contributed by atoms with Gasteiger partial charge in [0, 0.05) is 6.20 Å². The van der Waals surface area contributed by atoms with Crippen LogP contribution in [0.1, 0.15) is 11.4 Å². The van der Waals surface area contributed by atoms with Gasteiger partial charge in [-0.1, -0.05) is 0 Å². The molecule has 0 amide bonds. The summed E-state index contributed by atoms with van der Waals surface area (Å²) in [6.07, 6.45) is -3.25. The Morgan fingerprint density at radius 2 is 2.04 bits per heavy atom. The third-order valence-electron chi connectivity index (χ3n) is 3.14. The summed E-state index contributed by atoms with van der Waals surface area (Å²) < 4.78 is 45.1. The molecule has 0 saturated carbocycles. The van der Waals surface area contributed by atoms with Crippen molar-refractivity contribution in [3.05, 3.63) is 41.9 Å². The summed E-state index contributed by atoms with van der Waals surface area (Å²) in [6.45, 7) is 2.02. The normalized spacial score (nSPS) is 11.7. The van der Waals surface area contributed by atoms with E-state index in [2.05, 4.69) is 25.6 Å². The Labute approximate surface area is 134 Å². The van der Waals surface area contributed by atoms with Gasteiger partial charge in [0.25, 0.3) is 0 Å². The van der Waals surface area contributed by atoms with Gasteiger partial charge < -0.3 is 10.1 Å². The van der Waals surface area contributed by atoms with Crippen LogP contribution in [0.2, 0.25) is 0 Å². The van der Waals surface area contributed by atoms with Crippen LogP contribution in [0.4, 0.5) is 19.0 Å². The Balaban J connectivity index is 1.60. The minimum Gasteiger partial charge on any atom is -0.475 e. The number of hydrogen-bond donors (Lipinski definition) is 1. The molecule has 0 aliphatic carbocycles. The predicted octanol–water partition coefficient (Wildman–Crippen LogP) is 2.34. The molecule has 0 aromatic carbocycles. The smallest absolute Gasteiger partial charge is 0.421 e. The number of nitrogens with zero attached hydrogens (tertiary/aromatic N) is 5. The topological polar surface area (TPSA) is 77.2 Å². The highest BCUT2D eigenvalue weighted by Gasteiger charge is 2.34. The lowest BCUT2D eigenvalue weighted by molar-refractivity contribution is -0.139. The van der Waals surface area contributed by atoms with Gasteiger partial charge in [0.1, 0.15) is 18.0 Å². The summed E-state index contributed by atoms with van der Waals surface area (Å²) in [4.78, 5) is 3.63. The van der Waals surface area contributed by atoms with Gasteiger partial charge in [0.05, 0.1) is 6.54 Å². The molecular weight excluding hydrogens is 325 g/mol. The molecule has 3 rings (SSSR count). The molecular formula is C14H13F3N6O. The van der Waals surface area contributed by atoms with E-state index >= 15 is 0 Å². The summed E-state index contributed by atoms with van der Waals surface area (Å²) in [5, 5.41) is 15.0. The van der Waals surface area contributed by atoms with Crippen molar-refractivity contribution < 1.29 is 17.9 Å². The van der Waals surface area contributed by atoms with Crippen LogP contribution >= 0.6 is 0 Å². The van der Waals surface area contributed by atoms with Crippen LogP contribution in [0.25, 0.3) is 5.65 Å². The summed E-state index contributed by atoms with van der Waals surface area (Å²) in [5.41, 5.74) is -0.290. The van der Waals surface area contributed by atoms with E-state index in [1.165, 1.54) is 12.3 Å². The number of nitrogens with one attached hydrogen (secondary N) is 1. The van der Waals surface area contributed by atoms with Crippen molar-refractivity contribution in [2.75, 3.05) is 18.5 Å². The van der Waals surface area contributed by atoms with E-state index in [1.54, 1.807) is 23.6 Å². The number of halogens is 3. The third kappa shape index (κ3) is 3.36. The average molecular weight is 338 g/mol. The summed E-state index contributed by atoms with van der Waals surface area (Å²) in [6, 6.07) is 5.58. The van der Waals surface area contributed by atoms with Gasteiger partial charge in [-0.2, -0.15) is 17.7 Å². The van der Waals surface area contributed by atoms with Crippen molar-refractivity contribution in [2.24, 2.45) is 0 Å². The second-order valence-corrected chi connectivity index (χ2v) is 4.86. The number of fused-ring (bicyclic) bond motifs is 1. The largest absolute Gasteiger partial charge is 0.475 e. The number of anilines is 1. The molecule has 0 unspecified atom stereocenters. The van der Waals surface area contributed by atoms with Crippen LogP contribution in [-0.4, -0.2) is 37.9 Å². The van der Waals surface area contributed by atoms with Crippen LogP contribution in [-0.2, 0) is 6.18 Å². The lowest BCUT2D eigenvalue weighted by Gasteiger charge is -2.12. The molecule has 0 atom stereocenters. The lowest BCUT2D eigenvalue weighted by Crippen LogP contribution is -2.16. The molecule has 3 aromatic rings. The number of rotatable bonds is 5. The molecule has 0 aliphatic heterocycles. The van der Waals surface area contributed by atoms with E-state index in [-0.39, 0.29) is 13.2 Å². The summed E-state index contributed by atoms with van der Waals surface area (Å²) >= 11 is 0. The Morgan fingerprint density at radius 1 is 1.21 bits per heavy atom. The maximum Gasteiger partial charge on any atom is 0.421 e. The van der Waals surface area contributed by atoms with Gasteiger partial charge >= 0.3 is 6.18 Å². The molecule has 0 radical (unpaired) electrons. The second-order valence-electron chi connectivity index (χ2n) is 4.86. The first-order valence-corrected chi connectivity index (χ1v) is 7.03. The monoisotopic (exact) mass is 338 g/mol. The van der Waals surface area contributed by atoms with Crippen molar-refractivity contribution in [3.8, 4) is 5.88 Å². The quantitative estimate of drug-likeness (QED) is 0.720. The van der Waals surface area contributed by atoms with Gasteiger partial charge in [-0.15, -0.1) is 15.3 Å². The van der Waals surface area contributed by atoms with Gasteiger partial charge in [-0.05, 0) is 31.2 Å². The molecule has 0 spiro atoms. The molecule has 126 valence electrons. The summed E-state index contributed by atoms with van der Waals surface area (Å²) in [5.74, 6) is 0.726. The molecule has 10 heteroatoms. The first kappa shape index (κ1) is 16.0. The third-order valence-corrected chi connectivity index (χ3v) is 3.14. The molecule has 0 fully saturated rings. The number of aryl methyl sites for hydroxylation is 1. The molecule has 1 N–H and O–H groups in total. The fraction of sp³-hybridized carbons (Fsp3) is 0.286. The Morgan fingerprint density at radius 3 is 2.83 bits per heavy atom. The number of hydrogen-bond acceptors (Lipinski definition) is 6. The molecule has 3 aromatic heterocycles. The van der Waals surface area contributed by atoms with Crippen molar-refractivity contribution in [3.63, 3.8) is 0 Å². The first-order chi connectivity index (χ1) is 11.4. The highest BCUT2D eigenvalue weighted by Crippen LogP contribution is 2.34. The molecule has 7 nitrogen and oxygen atoms in total. The van der Waals surface area contributed by atoms with Gasteiger partial charge in [-0.25, -0.2) is 4.98 Å². The number of alkyl halides is 3. The minimum atomic E-state index is -4.50. The minimum absolute atomic E-state index is 0.000963. The maximum atomic E-state index is 12.8. The van der Waals surface area contributed by atoms with Crippen LogP contribution in [0.15, 0.2) is 30.5 Å². The van der Waals surface area contributed by atoms with Gasteiger partial charge in [0.15, 0.2) is 11.5 Å². The van der Waals surface area contributed by atoms with Crippen LogP contribution in [0.5, 0.6) is 5.88 Å². The number of ether oxygens (including phenoxy) is 1. The maximum absolute atomic E-state index is 12.8. The SMILES string of the molecule is Cc1nnc2ccc(NCCOc3ncccc3C(F)(F)F)nn12. The van der Waals surface area contributed by atoms with Crippen molar-refractivity contribution in [1.82, 2.24) is 24.8 Å². The second kappa shape index (κ2) is 6.30. The zero-order valence-electron chi connectivity index (χ0n) is 12.6. The summed E-state index contributed by atoms with van der Waals surface area (Å²) in [7, 11) is 0. The van der Waals surface area contributed by atoms with E-state index in [4.69, 9.17) is 4.74 Å². The Hall–Kier alpha value is -2.91. The molecule has 24 heavy (non-hydrogen) atoms. The molecule has 0 saturated heterocycles.